The maximum Gasteiger partial charge on any atom is 0.254 e. The number of aliphatic hydroxyl groups excluding tert-OH is 1. The molecule has 1 rings (SSSR count). The lowest BCUT2D eigenvalue weighted by Crippen LogP contribution is -2.30. The molecule has 5 heteroatoms. The number of amides is 1. The summed E-state index contributed by atoms with van der Waals surface area (Å²) in [5, 5.41) is 15.6. The second-order valence-corrected chi connectivity index (χ2v) is 3.33. The van der Waals surface area contributed by atoms with Gasteiger partial charge in [-0.3, -0.25) is 9.48 Å². The van der Waals surface area contributed by atoms with Crippen molar-refractivity contribution < 1.29 is 9.90 Å². The highest BCUT2D eigenvalue weighted by atomic mass is 16.3. The Hall–Kier alpha value is -1.36. The van der Waals surface area contributed by atoms with Gasteiger partial charge in [0.05, 0.1) is 17.9 Å². The van der Waals surface area contributed by atoms with E-state index in [1.807, 2.05) is 6.92 Å². The summed E-state index contributed by atoms with van der Waals surface area (Å²) in [6.45, 7) is 3.70. The number of hydrogen-bond donors (Lipinski definition) is 2. The lowest BCUT2D eigenvalue weighted by molar-refractivity contribution is 0.0923. The summed E-state index contributed by atoms with van der Waals surface area (Å²) in [5.41, 5.74) is 1.36. The van der Waals surface area contributed by atoms with Gasteiger partial charge in [-0.25, -0.2) is 0 Å². The maximum atomic E-state index is 11.5. The second kappa shape index (κ2) is 4.23. The Morgan fingerprint density at radius 3 is 2.86 bits per heavy atom. The molecule has 5 nitrogen and oxygen atoms in total. The fourth-order valence-corrected chi connectivity index (χ4v) is 1.06. The topological polar surface area (TPSA) is 67.2 Å². The maximum absolute atomic E-state index is 11.5. The highest BCUT2D eigenvalue weighted by Gasteiger charge is 2.12. The summed E-state index contributed by atoms with van der Waals surface area (Å²) in [4.78, 5) is 11.5. The minimum absolute atomic E-state index is 0.198. The number of aromatic nitrogens is 2. The lowest BCUT2D eigenvalue weighted by Gasteiger charge is -2.06. The minimum Gasteiger partial charge on any atom is -0.392 e. The van der Waals surface area contributed by atoms with Gasteiger partial charge in [0.25, 0.3) is 5.91 Å². The van der Waals surface area contributed by atoms with E-state index in [0.29, 0.717) is 5.56 Å². The average Bonchev–Trinajstić information content (AvgIpc) is 2.44. The van der Waals surface area contributed by atoms with Crippen LogP contribution in [0.15, 0.2) is 6.20 Å². The van der Waals surface area contributed by atoms with Gasteiger partial charge in [0.1, 0.15) is 0 Å². The van der Waals surface area contributed by atoms with Crippen molar-refractivity contribution in [2.75, 3.05) is 6.54 Å². The summed E-state index contributed by atoms with van der Waals surface area (Å²) in [6.07, 6.45) is 0.989. The van der Waals surface area contributed by atoms with Gasteiger partial charge in [0, 0.05) is 19.3 Å². The molecule has 0 fully saturated rings. The van der Waals surface area contributed by atoms with Crippen LogP contribution in [-0.4, -0.2) is 33.4 Å². The van der Waals surface area contributed by atoms with Gasteiger partial charge < -0.3 is 10.4 Å². The third-order valence-corrected chi connectivity index (χ3v) is 2.04. The van der Waals surface area contributed by atoms with Crippen LogP contribution < -0.4 is 5.32 Å². The van der Waals surface area contributed by atoms with Crippen molar-refractivity contribution in [2.45, 2.75) is 20.0 Å². The Labute approximate surface area is 82.7 Å². The van der Waals surface area contributed by atoms with Crippen LogP contribution in [0, 0.1) is 6.92 Å². The van der Waals surface area contributed by atoms with Crippen molar-refractivity contribution in [1.29, 1.82) is 0 Å². The van der Waals surface area contributed by atoms with Crippen LogP contribution in [0.1, 0.15) is 23.0 Å². The molecule has 1 unspecified atom stereocenters. The van der Waals surface area contributed by atoms with E-state index in [-0.39, 0.29) is 12.5 Å². The predicted octanol–water partition coefficient (Wildman–Crippen LogP) is -0.161. The molecule has 0 aliphatic rings. The van der Waals surface area contributed by atoms with E-state index in [2.05, 4.69) is 10.4 Å². The van der Waals surface area contributed by atoms with Crippen LogP contribution in [0.25, 0.3) is 0 Å². The van der Waals surface area contributed by atoms with E-state index in [0.717, 1.165) is 5.69 Å². The summed E-state index contributed by atoms with van der Waals surface area (Å²) in [5.74, 6) is -0.198. The highest BCUT2D eigenvalue weighted by molar-refractivity contribution is 5.95. The Kier molecular flexibility index (Phi) is 3.24. The monoisotopic (exact) mass is 197 g/mol. The van der Waals surface area contributed by atoms with E-state index in [9.17, 15) is 4.79 Å². The molecule has 2 N–H and O–H groups in total. The third-order valence-electron chi connectivity index (χ3n) is 2.04. The summed E-state index contributed by atoms with van der Waals surface area (Å²) < 4.78 is 1.64. The fraction of sp³-hybridized carbons (Fsp3) is 0.556. The number of nitrogens with zero attached hydrogens (tertiary/aromatic N) is 2. The van der Waals surface area contributed by atoms with Crippen molar-refractivity contribution in [2.24, 2.45) is 7.05 Å². The van der Waals surface area contributed by atoms with E-state index in [1.165, 1.54) is 6.20 Å². The van der Waals surface area contributed by atoms with Gasteiger partial charge in [-0.2, -0.15) is 5.10 Å². The zero-order chi connectivity index (χ0) is 10.7. The molecule has 0 aliphatic carbocycles. The van der Waals surface area contributed by atoms with Gasteiger partial charge in [-0.15, -0.1) is 0 Å². The third kappa shape index (κ3) is 2.32. The molecule has 0 saturated heterocycles. The molecule has 0 aliphatic heterocycles. The molecule has 14 heavy (non-hydrogen) atoms. The zero-order valence-corrected chi connectivity index (χ0v) is 8.61. The van der Waals surface area contributed by atoms with Gasteiger partial charge >= 0.3 is 0 Å². The Morgan fingerprint density at radius 2 is 2.43 bits per heavy atom. The second-order valence-electron chi connectivity index (χ2n) is 3.33. The summed E-state index contributed by atoms with van der Waals surface area (Å²) >= 11 is 0. The molecule has 1 aromatic heterocycles. The summed E-state index contributed by atoms with van der Waals surface area (Å²) in [6, 6.07) is 0. The SMILES string of the molecule is Cc1c(C(=O)NCC(C)O)cnn1C. The smallest absolute Gasteiger partial charge is 0.254 e. The van der Waals surface area contributed by atoms with Crippen LogP contribution >= 0.6 is 0 Å². The number of nitrogens with one attached hydrogen (secondary N) is 1. The molecular weight excluding hydrogens is 182 g/mol. The highest BCUT2D eigenvalue weighted by Crippen LogP contribution is 2.04. The van der Waals surface area contributed by atoms with Gasteiger partial charge in [0.2, 0.25) is 0 Å². The molecule has 1 aromatic rings. The first kappa shape index (κ1) is 10.7. The van der Waals surface area contributed by atoms with Crippen LogP contribution in [0.3, 0.4) is 0 Å². The van der Waals surface area contributed by atoms with E-state index >= 15 is 0 Å². The van der Waals surface area contributed by atoms with E-state index in [1.54, 1.807) is 18.7 Å². The normalized spacial score (nSPS) is 12.6. The molecule has 1 atom stereocenters. The quantitative estimate of drug-likeness (QED) is 0.707. The first-order valence-corrected chi connectivity index (χ1v) is 4.47. The zero-order valence-electron chi connectivity index (χ0n) is 8.61. The van der Waals surface area contributed by atoms with Gasteiger partial charge in [-0.05, 0) is 13.8 Å². The molecule has 1 amide bonds. The molecule has 0 radical (unpaired) electrons. The van der Waals surface area contributed by atoms with Crippen molar-refractivity contribution in [1.82, 2.24) is 15.1 Å². The van der Waals surface area contributed by atoms with Crippen LogP contribution in [0.4, 0.5) is 0 Å². The standard InChI is InChI=1S/C9H15N3O2/c1-6(13)4-10-9(14)8-5-11-12(3)7(8)2/h5-6,13H,4H2,1-3H3,(H,10,14). The summed E-state index contributed by atoms with van der Waals surface area (Å²) in [7, 11) is 1.78. The molecule has 0 spiro atoms. The van der Waals surface area contributed by atoms with Crippen LogP contribution in [-0.2, 0) is 7.05 Å². The predicted molar refractivity (Wildman–Crippen MR) is 52.0 cm³/mol. The lowest BCUT2D eigenvalue weighted by atomic mass is 10.2. The number of carbonyl (C=O) groups excluding carboxylic acids is 1. The number of rotatable bonds is 3. The largest absolute Gasteiger partial charge is 0.392 e. The van der Waals surface area contributed by atoms with Crippen LogP contribution in [0.2, 0.25) is 0 Å². The minimum atomic E-state index is -0.532. The fourth-order valence-electron chi connectivity index (χ4n) is 1.06. The molecule has 0 aromatic carbocycles. The van der Waals surface area contributed by atoms with Gasteiger partial charge in [-0.1, -0.05) is 0 Å². The van der Waals surface area contributed by atoms with Crippen molar-refractivity contribution in [3.05, 3.63) is 17.5 Å². The number of carbonyl (C=O) groups is 1. The van der Waals surface area contributed by atoms with Crippen molar-refractivity contribution in [3.63, 3.8) is 0 Å². The van der Waals surface area contributed by atoms with E-state index in [4.69, 9.17) is 5.11 Å². The molecule has 1 heterocycles. The van der Waals surface area contributed by atoms with E-state index < -0.39 is 6.10 Å². The Bertz CT molecular complexity index is 331. The van der Waals surface area contributed by atoms with Crippen LogP contribution in [0.5, 0.6) is 0 Å². The molecular formula is C9H15N3O2. The number of hydrogen-bond acceptors (Lipinski definition) is 3. The molecule has 78 valence electrons. The first-order chi connectivity index (χ1) is 6.52. The van der Waals surface area contributed by atoms with Crippen molar-refractivity contribution >= 4 is 5.91 Å². The molecule has 0 bridgehead atoms. The average molecular weight is 197 g/mol. The van der Waals surface area contributed by atoms with Gasteiger partial charge in [0.15, 0.2) is 0 Å². The first-order valence-electron chi connectivity index (χ1n) is 4.47. The number of aryl methyl sites for hydroxylation is 1. The Balaban J connectivity index is 2.66. The van der Waals surface area contributed by atoms with Crippen molar-refractivity contribution in [3.8, 4) is 0 Å². The molecule has 0 saturated carbocycles. The Morgan fingerprint density at radius 1 is 1.79 bits per heavy atom. The number of aliphatic hydroxyl groups is 1.